The Balaban J connectivity index is 1.82. The van der Waals surface area contributed by atoms with Gasteiger partial charge >= 0.3 is 0 Å². The lowest BCUT2D eigenvalue weighted by molar-refractivity contribution is -0.757. The molecule has 0 amide bonds. The summed E-state index contributed by atoms with van der Waals surface area (Å²) in [6.45, 7) is 8.76. The lowest BCUT2D eigenvalue weighted by Gasteiger charge is -2.49. The zero-order chi connectivity index (χ0) is 22.1. The summed E-state index contributed by atoms with van der Waals surface area (Å²) in [7, 11) is 0. The number of rotatable bonds is 8. The predicted octanol–water partition coefficient (Wildman–Crippen LogP) is 4.71. The number of aromatic hydroxyl groups is 1. The molecule has 0 unspecified atom stereocenters. The van der Waals surface area contributed by atoms with Crippen LogP contribution in [0.4, 0.5) is 0 Å². The van der Waals surface area contributed by atoms with Crippen molar-refractivity contribution in [1.29, 1.82) is 0 Å². The third kappa shape index (κ3) is 4.66. The average Bonchev–Trinajstić information content (AvgIpc) is 2.66. The highest BCUT2D eigenvalue weighted by Crippen LogP contribution is 2.56. The Bertz CT molecular complexity index is 775. The maximum Gasteiger partial charge on any atom is 0.294 e. The standard InChI is InChI=1S/C23H35NO6/c1-22(2,9-5-6-10-29-24(27)28)16-12-19(26)21-17-11-15(14-25)7-8-18(17)23(3,4)30-20(21)13-16/h12-13,15,17-18,25-26H,5-11,14H2,1-4H3/t15-,17-,18-/m1/s1. The van der Waals surface area contributed by atoms with E-state index in [0.29, 0.717) is 12.3 Å². The van der Waals surface area contributed by atoms with E-state index in [1.54, 1.807) is 0 Å². The van der Waals surface area contributed by atoms with Crippen molar-refractivity contribution in [2.45, 2.75) is 83.2 Å². The predicted molar refractivity (Wildman–Crippen MR) is 113 cm³/mol. The molecule has 0 radical (unpaired) electrons. The van der Waals surface area contributed by atoms with Gasteiger partial charge in [-0.3, -0.25) is 0 Å². The lowest BCUT2D eigenvalue weighted by Crippen LogP contribution is -2.47. The first-order valence-electron chi connectivity index (χ1n) is 11.0. The van der Waals surface area contributed by atoms with E-state index in [9.17, 15) is 20.3 Å². The zero-order valence-corrected chi connectivity index (χ0v) is 18.5. The van der Waals surface area contributed by atoms with E-state index in [-0.39, 0.29) is 41.8 Å². The number of phenolic OH excluding ortho intramolecular Hbond substituents is 1. The molecule has 1 aromatic carbocycles. The fraction of sp³-hybridized carbons (Fsp3) is 0.739. The summed E-state index contributed by atoms with van der Waals surface area (Å²) < 4.78 is 6.43. The Hall–Kier alpha value is -2.02. The molecule has 0 aromatic heterocycles. The fourth-order valence-corrected chi connectivity index (χ4v) is 5.35. The normalized spacial score (nSPS) is 25.0. The zero-order valence-electron chi connectivity index (χ0n) is 18.5. The van der Waals surface area contributed by atoms with Gasteiger partial charge in [-0.15, -0.1) is 10.1 Å². The minimum absolute atomic E-state index is 0.102. The molecule has 1 saturated carbocycles. The third-order valence-corrected chi connectivity index (χ3v) is 7.15. The number of ether oxygens (including phenoxy) is 1. The van der Waals surface area contributed by atoms with Gasteiger partial charge in [-0.05, 0) is 80.9 Å². The second kappa shape index (κ2) is 8.61. The van der Waals surface area contributed by atoms with Crippen LogP contribution in [0.5, 0.6) is 11.5 Å². The molecule has 30 heavy (non-hydrogen) atoms. The molecule has 168 valence electrons. The Morgan fingerprint density at radius 2 is 2.03 bits per heavy atom. The number of nitrogens with zero attached hydrogens (tertiary/aromatic N) is 1. The number of benzene rings is 1. The molecular weight excluding hydrogens is 386 g/mol. The summed E-state index contributed by atoms with van der Waals surface area (Å²) >= 11 is 0. The molecule has 1 aliphatic heterocycles. The van der Waals surface area contributed by atoms with E-state index in [2.05, 4.69) is 38.6 Å². The third-order valence-electron chi connectivity index (χ3n) is 7.15. The molecule has 1 fully saturated rings. The van der Waals surface area contributed by atoms with Crippen LogP contribution >= 0.6 is 0 Å². The molecule has 2 N–H and O–H groups in total. The molecule has 2 aliphatic rings. The fourth-order valence-electron chi connectivity index (χ4n) is 5.35. The van der Waals surface area contributed by atoms with Gasteiger partial charge in [0.15, 0.2) is 0 Å². The highest BCUT2D eigenvalue weighted by molar-refractivity contribution is 5.53. The van der Waals surface area contributed by atoms with Gasteiger partial charge in [-0.25, -0.2) is 0 Å². The van der Waals surface area contributed by atoms with Gasteiger partial charge in [0.05, 0.1) is 6.61 Å². The molecule has 7 nitrogen and oxygen atoms in total. The molecule has 3 atom stereocenters. The summed E-state index contributed by atoms with van der Waals surface area (Å²) in [4.78, 5) is 14.7. The van der Waals surface area contributed by atoms with E-state index in [0.717, 1.165) is 49.0 Å². The molecule has 0 bridgehead atoms. The maximum absolute atomic E-state index is 11.0. The first kappa shape index (κ1) is 22.7. The monoisotopic (exact) mass is 421 g/mol. The molecule has 0 spiro atoms. The molecule has 0 saturated heterocycles. The van der Waals surface area contributed by atoms with Crippen molar-refractivity contribution >= 4 is 0 Å². The van der Waals surface area contributed by atoms with Gasteiger partial charge in [0.1, 0.15) is 17.1 Å². The number of phenols is 1. The van der Waals surface area contributed by atoms with Crippen LogP contribution in [0.3, 0.4) is 0 Å². The Morgan fingerprint density at radius 3 is 2.70 bits per heavy atom. The van der Waals surface area contributed by atoms with Crippen molar-refractivity contribution in [1.82, 2.24) is 0 Å². The second-order valence-electron chi connectivity index (χ2n) is 10.1. The quantitative estimate of drug-likeness (QED) is 0.358. The number of unbranched alkanes of at least 4 members (excludes halogenated alkanes) is 1. The van der Waals surface area contributed by atoms with Crippen molar-refractivity contribution in [3.63, 3.8) is 0 Å². The Morgan fingerprint density at radius 1 is 1.30 bits per heavy atom. The van der Waals surface area contributed by atoms with Gasteiger partial charge in [-0.1, -0.05) is 20.3 Å². The largest absolute Gasteiger partial charge is 0.508 e. The minimum Gasteiger partial charge on any atom is -0.508 e. The maximum atomic E-state index is 11.0. The van der Waals surface area contributed by atoms with Crippen molar-refractivity contribution in [2.24, 2.45) is 11.8 Å². The van der Waals surface area contributed by atoms with Gasteiger partial charge in [-0.2, -0.15) is 0 Å². The Kier molecular flexibility index (Phi) is 6.51. The molecule has 1 heterocycles. The van der Waals surface area contributed by atoms with Crippen LogP contribution in [-0.2, 0) is 10.3 Å². The van der Waals surface area contributed by atoms with Crippen molar-refractivity contribution in [3.05, 3.63) is 33.4 Å². The van der Waals surface area contributed by atoms with E-state index in [1.165, 1.54) is 0 Å². The lowest BCUT2D eigenvalue weighted by atomic mass is 9.63. The van der Waals surface area contributed by atoms with Gasteiger partial charge < -0.3 is 19.8 Å². The van der Waals surface area contributed by atoms with Crippen LogP contribution < -0.4 is 4.74 Å². The summed E-state index contributed by atoms with van der Waals surface area (Å²) in [6, 6.07) is 3.91. The van der Waals surface area contributed by atoms with Crippen LogP contribution in [0.25, 0.3) is 0 Å². The average molecular weight is 422 g/mol. The summed E-state index contributed by atoms with van der Waals surface area (Å²) in [6.07, 6.45) is 5.06. The van der Waals surface area contributed by atoms with Gasteiger partial charge in [0.25, 0.3) is 5.09 Å². The van der Waals surface area contributed by atoms with Crippen LogP contribution in [0, 0.1) is 22.0 Å². The number of aliphatic hydroxyl groups excluding tert-OH is 1. The van der Waals surface area contributed by atoms with Crippen molar-refractivity contribution in [3.8, 4) is 11.5 Å². The van der Waals surface area contributed by atoms with Crippen molar-refractivity contribution in [2.75, 3.05) is 13.2 Å². The first-order chi connectivity index (χ1) is 14.0. The Labute approximate surface area is 178 Å². The summed E-state index contributed by atoms with van der Waals surface area (Å²) in [5.74, 6) is 1.80. The highest BCUT2D eigenvalue weighted by atomic mass is 16.9. The molecule has 3 rings (SSSR count). The van der Waals surface area contributed by atoms with Crippen LogP contribution in [-0.4, -0.2) is 34.1 Å². The van der Waals surface area contributed by atoms with Crippen LogP contribution in [0.2, 0.25) is 0 Å². The van der Waals surface area contributed by atoms with Gasteiger partial charge in [0.2, 0.25) is 0 Å². The topological polar surface area (TPSA) is 102 Å². The number of fused-ring (bicyclic) bond motifs is 3. The smallest absolute Gasteiger partial charge is 0.294 e. The molecule has 1 aliphatic carbocycles. The molecule has 7 heteroatoms. The number of hydrogen-bond acceptors (Lipinski definition) is 6. The van der Waals surface area contributed by atoms with E-state index in [1.807, 2.05) is 6.07 Å². The molecule has 1 aromatic rings. The summed E-state index contributed by atoms with van der Waals surface area (Å²) in [5, 5.41) is 30.2. The SMILES string of the molecule is CC(C)(CCCCO[N+](=O)[O-])c1cc(O)c2c(c1)OC(C)(C)[C@@H]1CC[C@@H](CO)C[C@@H]21. The number of hydrogen-bond donors (Lipinski definition) is 2. The molecular formula is C23H35NO6. The highest BCUT2D eigenvalue weighted by Gasteiger charge is 2.47. The van der Waals surface area contributed by atoms with E-state index >= 15 is 0 Å². The van der Waals surface area contributed by atoms with Crippen LogP contribution in [0.1, 0.15) is 83.3 Å². The van der Waals surface area contributed by atoms with Gasteiger partial charge in [0, 0.05) is 18.1 Å². The minimum atomic E-state index is -0.758. The van der Waals surface area contributed by atoms with Crippen molar-refractivity contribution < 1.29 is 24.9 Å². The van der Waals surface area contributed by atoms with Crippen LogP contribution in [0.15, 0.2) is 12.1 Å². The van der Waals surface area contributed by atoms with E-state index < -0.39 is 5.09 Å². The number of aliphatic hydroxyl groups is 1. The first-order valence-corrected chi connectivity index (χ1v) is 11.0. The summed E-state index contributed by atoms with van der Waals surface area (Å²) in [5.41, 5.74) is 1.34. The second-order valence-corrected chi connectivity index (χ2v) is 10.1. The van der Waals surface area contributed by atoms with E-state index in [4.69, 9.17) is 4.74 Å².